The number of rotatable bonds is 7. The van der Waals surface area contributed by atoms with Crippen molar-refractivity contribution in [2.45, 2.75) is 25.6 Å². The van der Waals surface area contributed by atoms with E-state index in [2.05, 4.69) is 17.3 Å². The maximum Gasteiger partial charge on any atom is 0.358 e. The number of benzene rings is 3. The molecule has 6 nitrogen and oxygen atoms in total. The van der Waals surface area contributed by atoms with Crippen molar-refractivity contribution in [3.8, 4) is 11.5 Å². The molecule has 4 rings (SSSR count). The van der Waals surface area contributed by atoms with Gasteiger partial charge < -0.3 is 19.8 Å². The Morgan fingerprint density at radius 2 is 1.77 bits per heavy atom. The fraction of sp³-hybridized carbons (Fsp3) is 0.167. The molecule has 0 saturated heterocycles. The van der Waals surface area contributed by atoms with Crippen molar-refractivity contribution < 1.29 is 24.6 Å². The van der Waals surface area contributed by atoms with Gasteiger partial charge in [-0.05, 0) is 41.7 Å². The number of carbonyl (C=O) groups is 1. The van der Waals surface area contributed by atoms with Gasteiger partial charge in [0.1, 0.15) is 24.2 Å². The summed E-state index contributed by atoms with van der Waals surface area (Å²) < 4.78 is 12.1. The van der Waals surface area contributed by atoms with Crippen molar-refractivity contribution in [3.05, 3.63) is 95.1 Å². The number of hydrogen-bond acceptors (Lipinski definition) is 5. The van der Waals surface area contributed by atoms with Crippen LogP contribution in [0.1, 0.15) is 34.8 Å². The van der Waals surface area contributed by atoms with Crippen LogP contribution in [0.25, 0.3) is 0 Å². The molecule has 6 heteroatoms. The lowest BCUT2D eigenvalue weighted by Crippen LogP contribution is -2.17. The third-order valence-electron chi connectivity index (χ3n) is 5.13. The monoisotopic (exact) mass is 403 g/mol. The number of aryl methyl sites for hydroxylation is 1. The first-order valence-corrected chi connectivity index (χ1v) is 9.66. The summed E-state index contributed by atoms with van der Waals surface area (Å²) in [4.78, 5) is 11.3. The maximum atomic E-state index is 11.3. The second kappa shape index (κ2) is 8.69. The molecule has 0 amide bonds. The number of carboxylic acids is 1. The SMILES string of the molecule is O=C(O)/C(=N/O)c1ccccc1COc1cccc(OC2CCc3ccccc32)c1. The molecule has 152 valence electrons. The Morgan fingerprint density at radius 1 is 1.00 bits per heavy atom. The first-order chi connectivity index (χ1) is 14.7. The Hall–Kier alpha value is -3.80. The van der Waals surface area contributed by atoms with E-state index in [1.54, 1.807) is 24.3 Å². The lowest BCUT2D eigenvalue weighted by Gasteiger charge is -2.16. The predicted octanol–water partition coefficient (Wildman–Crippen LogP) is 4.59. The van der Waals surface area contributed by atoms with E-state index in [9.17, 15) is 9.90 Å². The van der Waals surface area contributed by atoms with Crippen molar-refractivity contribution >= 4 is 11.7 Å². The van der Waals surface area contributed by atoms with Gasteiger partial charge in [0.2, 0.25) is 0 Å². The van der Waals surface area contributed by atoms with Crippen molar-refractivity contribution in [3.63, 3.8) is 0 Å². The minimum Gasteiger partial charge on any atom is -0.489 e. The minimum atomic E-state index is -1.31. The summed E-state index contributed by atoms with van der Waals surface area (Å²) in [6.07, 6.45) is 1.97. The molecule has 1 aliphatic carbocycles. The predicted molar refractivity (Wildman–Crippen MR) is 111 cm³/mol. The minimum absolute atomic E-state index is 0.0241. The highest BCUT2D eigenvalue weighted by Crippen LogP contribution is 2.35. The Kier molecular flexibility index (Phi) is 5.66. The molecular weight excluding hydrogens is 382 g/mol. The largest absolute Gasteiger partial charge is 0.489 e. The van der Waals surface area contributed by atoms with Crippen LogP contribution in [0.15, 0.2) is 78.0 Å². The number of hydrogen-bond donors (Lipinski definition) is 2. The first kappa shape index (κ1) is 19.5. The summed E-state index contributed by atoms with van der Waals surface area (Å²) in [5.74, 6) is 0.00854. The summed E-state index contributed by atoms with van der Waals surface area (Å²) in [6.45, 7) is 0.123. The van der Waals surface area contributed by atoms with Crippen LogP contribution in [-0.4, -0.2) is 22.0 Å². The molecule has 3 aromatic rings. The average Bonchev–Trinajstić information content (AvgIpc) is 3.16. The smallest absolute Gasteiger partial charge is 0.358 e. The molecule has 0 bridgehead atoms. The van der Waals surface area contributed by atoms with Gasteiger partial charge in [0, 0.05) is 11.6 Å². The number of carboxylic acid groups (broad SMARTS) is 1. The zero-order valence-electron chi connectivity index (χ0n) is 16.2. The molecule has 0 radical (unpaired) electrons. The van der Waals surface area contributed by atoms with Crippen molar-refractivity contribution in [1.29, 1.82) is 0 Å². The molecule has 0 heterocycles. The van der Waals surface area contributed by atoms with Crippen LogP contribution in [0.3, 0.4) is 0 Å². The van der Waals surface area contributed by atoms with Crippen LogP contribution >= 0.6 is 0 Å². The second-order valence-electron chi connectivity index (χ2n) is 7.02. The first-order valence-electron chi connectivity index (χ1n) is 9.66. The van der Waals surface area contributed by atoms with Gasteiger partial charge in [-0.1, -0.05) is 59.8 Å². The molecule has 2 N–H and O–H groups in total. The number of oxime groups is 1. The highest BCUT2D eigenvalue weighted by atomic mass is 16.5. The number of nitrogens with zero attached hydrogens (tertiary/aromatic N) is 1. The van der Waals surface area contributed by atoms with Crippen LogP contribution in [0.2, 0.25) is 0 Å². The van der Waals surface area contributed by atoms with Gasteiger partial charge in [-0.15, -0.1) is 0 Å². The van der Waals surface area contributed by atoms with Crippen molar-refractivity contribution in [2.24, 2.45) is 5.16 Å². The molecular formula is C24H21NO5. The van der Waals surface area contributed by atoms with E-state index in [1.807, 2.05) is 36.4 Å². The third kappa shape index (κ3) is 4.12. The van der Waals surface area contributed by atoms with Crippen molar-refractivity contribution in [1.82, 2.24) is 0 Å². The van der Waals surface area contributed by atoms with E-state index in [0.29, 0.717) is 22.6 Å². The number of fused-ring (bicyclic) bond motifs is 1. The van der Waals surface area contributed by atoms with Gasteiger partial charge in [-0.3, -0.25) is 0 Å². The van der Waals surface area contributed by atoms with Gasteiger partial charge in [0.15, 0.2) is 5.71 Å². The lowest BCUT2D eigenvalue weighted by atomic mass is 10.0. The Bertz CT molecular complexity index is 1090. The normalized spacial score (nSPS) is 15.5. The molecule has 0 fully saturated rings. The highest BCUT2D eigenvalue weighted by Gasteiger charge is 2.23. The average molecular weight is 403 g/mol. The zero-order valence-corrected chi connectivity index (χ0v) is 16.2. The van der Waals surface area contributed by atoms with Crippen LogP contribution in [0.4, 0.5) is 0 Å². The Labute approximate surface area is 174 Å². The summed E-state index contributed by atoms with van der Waals surface area (Å²) in [5.41, 5.74) is 3.03. The van der Waals surface area contributed by atoms with Crippen LogP contribution < -0.4 is 9.47 Å². The van der Waals surface area contributed by atoms with E-state index < -0.39 is 11.7 Å². The summed E-state index contributed by atoms with van der Waals surface area (Å²) in [7, 11) is 0. The zero-order chi connectivity index (χ0) is 20.9. The maximum absolute atomic E-state index is 11.3. The van der Waals surface area contributed by atoms with Gasteiger partial charge in [-0.2, -0.15) is 0 Å². The van der Waals surface area contributed by atoms with Gasteiger partial charge in [0.25, 0.3) is 0 Å². The third-order valence-corrected chi connectivity index (χ3v) is 5.13. The molecule has 1 atom stereocenters. The molecule has 30 heavy (non-hydrogen) atoms. The van der Waals surface area contributed by atoms with Crippen LogP contribution in [0.5, 0.6) is 11.5 Å². The molecule has 0 saturated carbocycles. The quantitative estimate of drug-likeness (QED) is 0.342. The van der Waals surface area contributed by atoms with E-state index in [1.165, 1.54) is 11.1 Å². The Morgan fingerprint density at radius 3 is 2.60 bits per heavy atom. The number of ether oxygens (including phenoxy) is 2. The summed E-state index contributed by atoms with van der Waals surface area (Å²) in [5, 5.41) is 21.2. The topological polar surface area (TPSA) is 88.4 Å². The fourth-order valence-corrected chi connectivity index (χ4v) is 3.69. The number of aliphatic carboxylic acids is 1. The van der Waals surface area contributed by atoms with Crippen LogP contribution in [-0.2, 0) is 17.8 Å². The standard InChI is InChI=1S/C24H21NO5/c26-24(27)23(25-28)21-11-4-2-7-17(21)15-29-18-8-5-9-19(14-18)30-22-13-12-16-6-1-3-10-20(16)22/h1-11,14,22,28H,12-13,15H2,(H,26,27)/b25-23+. The lowest BCUT2D eigenvalue weighted by molar-refractivity contribution is -0.129. The second-order valence-corrected chi connectivity index (χ2v) is 7.02. The van der Waals surface area contributed by atoms with E-state index in [0.717, 1.165) is 12.8 Å². The van der Waals surface area contributed by atoms with Crippen molar-refractivity contribution in [2.75, 3.05) is 0 Å². The fourth-order valence-electron chi connectivity index (χ4n) is 3.69. The van der Waals surface area contributed by atoms with Gasteiger partial charge in [0.05, 0.1) is 0 Å². The highest BCUT2D eigenvalue weighted by molar-refractivity contribution is 6.42. The Balaban J connectivity index is 1.47. The molecule has 0 aromatic heterocycles. The van der Waals surface area contributed by atoms with E-state index >= 15 is 0 Å². The molecule has 1 aliphatic rings. The molecule has 0 aliphatic heterocycles. The summed E-state index contributed by atoms with van der Waals surface area (Å²) >= 11 is 0. The van der Waals surface area contributed by atoms with Gasteiger partial charge >= 0.3 is 5.97 Å². The van der Waals surface area contributed by atoms with E-state index in [4.69, 9.17) is 14.7 Å². The molecule has 1 unspecified atom stereocenters. The molecule has 3 aromatic carbocycles. The van der Waals surface area contributed by atoms with Crippen LogP contribution in [0, 0.1) is 0 Å². The molecule has 0 spiro atoms. The summed E-state index contributed by atoms with van der Waals surface area (Å²) in [6, 6.07) is 22.5. The van der Waals surface area contributed by atoms with Gasteiger partial charge in [-0.25, -0.2) is 4.79 Å². The van der Waals surface area contributed by atoms with E-state index in [-0.39, 0.29) is 12.7 Å².